The van der Waals surface area contributed by atoms with Gasteiger partial charge in [-0.25, -0.2) is 9.97 Å². The summed E-state index contributed by atoms with van der Waals surface area (Å²) in [7, 11) is 0. The molecule has 132 valence electrons. The Hall–Kier alpha value is -3.62. The Kier molecular flexibility index (Phi) is 4.10. The zero-order valence-corrected chi connectivity index (χ0v) is 13.9. The number of aromatic amines is 1. The van der Waals surface area contributed by atoms with Crippen molar-refractivity contribution < 1.29 is 18.0 Å². The van der Waals surface area contributed by atoms with Gasteiger partial charge in [0.15, 0.2) is 24.2 Å². The Morgan fingerprint density at radius 1 is 1.12 bits per heavy atom. The Bertz CT molecular complexity index is 948. The molecule has 0 fully saturated rings. The van der Waals surface area contributed by atoms with Crippen LogP contribution in [-0.4, -0.2) is 31.0 Å². The Labute approximate surface area is 147 Å². The molecule has 4 aromatic rings. The molecular formula is C17H15N5O4. The summed E-state index contributed by atoms with van der Waals surface area (Å²) < 4.78 is 15.5. The third-order valence-corrected chi connectivity index (χ3v) is 3.76. The van der Waals surface area contributed by atoms with Crippen LogP contribution in [0.1, 0.15) is 27.6 Å². The van der Waals surface area contributed by atoms with Crippen LogP contribution in [0.3, 0.4) is 0 Å². The van der Waals surface area contributed by atoms with E-state index in [1.54, 1.807) is 11.0 Å². The third kappa shape index (κ3) is 3.27. The summed E-state index contributed by atoms with van der Waals surface area (Å²) >= 11 is 0. The van der Waals surface area contributed by atoms with Crippen molar-refractivity contribution >= 4 is 5.91 Å². The van der Waals surface area contributed by atoms with Crippen molar-refractivity contribution in [3.63, 3.8) is 0 Å². The maximum absolute atomic E-state index is 12.9. The van der Waals surface area contributed by atoms with Gasteiger partial charge in [-0.1, -0.05) is 0 Å². The van der Waals surface area contributed by atoms with E-state index in [4.69, 9.17) is 13.3 Å². The highest BCUT2D eigenvalue weighted by molar-refractivity contribution is 5.93. The van der Waals surface area contributed by atoms with Gasteiger partial charge in [-0.05, 0) is 19.1 Å². The van der Waals surface area contributed by atoms with Gasteiger partial charge in [0.2, 0.25) is 0 Å². The first kappa shape index (κ1) is 15.9. The van der Waals surface area contributed by atoms with Gasteiger partial charge >= 0.3 is 0 Å². The molecule has 0 aromatic carbocycles. The number of rotatable bonds is 6. The van der Waals surface area contributed by atoms with E-state index >= 15 is 0 Å². The van der Waals surface area contributed by atoms with Crippen LogP contribution < -0.4 is 0 Å². The fraction of sp³-hybridized carbons (Fsp3) is 0.176. The minimum Gasteiger partial charge on any atom is -0.460 e. The third-order valence-electron chi connectivity index (χ3n) is 3.76. The van der Waals surface area contributed by atoms with Gasteiger partial charge in [0.1, 0.15) is 24.0 Å². The number of oxazole rings is 2. The second-order valence-electron chi connectivity index (χ2n) is 5.70. The number of hydrogen-bond acceptors (Lipinski definition) is 7. The average molecular weight is 353 g/mol. The molecule has 9 heteroatoms. The number of furan rings is 1. The van der Waals surface area contributed by atoms with Crippen LogP contribution in [0.4, 0.5) is 0 Å². The van der Waals surface area contributed by atoms with Crippen LogP contribution in [0, 0.1) is 6.92 Å². The van der Waals surface area contributed by atoms with E-state index in [9.17, 15) is 4.79 Å². The lowest BCUT2D eigenvalue weighted by molar-refractivity contribution is 0.0719. The molecule has 0 radical (unpaired) electrons. The van der Waals surface area contributed by atoms with Crippen molar-refractivity contribution in [3.8, 4) is 11.5 Å². The topological polar surface area (TPSA) is 114 Å². The summed E-state index contributed by atoms with van der Waals surface area (Å²) in [5.74, 6) is 1.12. The van der Waals surface area contributed by atoms with Crippen LogP contribution in [0.15, 0.2) is 56.8 Å². The second kappa shape index (κ2) is 6.71. The standard InChI is InChI=1S/C17H15N5O4/c1-11-2-3-16(26-11)14-4-15(21-20-14)17(23)22(5-12-7-24-9-18-12)6-13-8-25-10-19-13/h2-4,7-10H,5-6H2,1H3,(H,20,21). The van der Waals surface area contributed by atoms with Gasteiger partial charge < -0.3 is 18.2 Å². The van der Waals surface area contributed by atoms with E-state index in [0.29, 0.717) is 22.8 Å². The predicted octanol–water partition coefficient (Wildman–Crippen LogP) is 2.80. The monoisotopic (exact) mass is 353 g/mol. The number of aromatic nitrogens is 4. The zero-order valence-electron chi connectivity index (χ0n) is 13.9. The molecule has 26 heavy (non-hydrogen) atoms. The average Bonchev–Trinajstić information content (AvgIpc) is 3.41. The van der Waals surface area contributed by atoms with E-state index in [0.717, 1.165) is 5.76 Å². The number of H-pyrrole nitrogens is 1. The number of nitrogens with one attached hydrogen (secondary N) is 1. The quantitative estimate of drug-likeness (QED) is 0.567. The van der Waals surface area contributed by atoms with Crippen LogP contribution >= 0.6 is 0 Å². The number of hydrogen-bond donors (Lipinski definition) is 1. The van der Waals surface area contributed by atoms with E-state index in [-0.39, 0.29) is 24.7 Å². The minimum absolute atomic E-state index is 0.254. The molecule has 0 bridgehead atoms. The number of aryl methyl sites for hydroxylation is 1. The van der Waals surface area contributed by atoms with Gasteiger partial charge in [0.25, 0.3) is 5.91 Å². The lowest BCUT2D eigenvalue weighted by atomic mass is 10.2. The molecule has 0 unspecified atom stereocenters. The molecule has 4 heterocycles. The first-order valence-corrected chi connectivity index (χ1v) is 7.84. The second-order valence-corrected chi connectivity index (χ2v) is 5.70. The van der Waals surface area contributed by atoms with Gasteiger partial charge in [0.05, 0.1) is 24.5 Å². The first-order chi connectivity index (χ1) is 12.7. The highest BCUT2D eigenvalue weighted by Gasteiger charge is 2.22. The van der Waals surface area contributed by atoms with Crippen molar-refractivity contribution in [2.24, 2.45) is 0 Å². The summed E-state index contributed by atoms with van der Waals surface area (Å²) in [4.78, 5) is 22.6. The van der Waals surface area contributed by atoms with Crippen molar-refractivity contribution in [3.05, 3.63) is 66.4 Å². The maximum Gasteiger partial charge on any atom is 0.275 e. The Morgan fingerprint density at radius 3 is 2.35 bits per heavy atom. The Balaban J connectivity index is 1.58. The smallest absolute Gasteiger partial charge is 0.275 e. The predicted molar refractivity (Wildman–Crippen MR) is 87.6 cm³/mol. The van der Waals surface area contributed by atoms with Gasteiger partial charge in [0, 0.05) is 6.07 Å². The van der Waals surface area contributed by atoms with Crippen LogP contribution in [0.5, 0.6) is 0 Å². The van der Waals surface area contributed by atoms with E-state index in [1.807, 2.05) is 19.1 Å². The van der Waals surface area contributed by atoms with Crippen LogP contribution in [0.25, 0.3) is 11.5 Å². The zero-order chi connectivity index (χ0) is 17.9. The van der Waals surface area contributed by atoms with E-state index < -0.39 is 0 Å². The van der Waals surface area contributed by atoms with Gasteiger partial charge in [-0.15, -0.1) is 0 Å². The lowest BCUT2D eigenvalue weighted by Crippen LogP contribution is -2.30. The largest absolute Gasteiger partial charge is 0.460 e. The highest BCUT2D eigenvalue weighted by atomic mass is 16.3. The van der Waals surface area contributed by atoms with E-state index in [2.05, 4.69) is 20.2 Å². The Morgan fingerprint density at radius 2 is 1.81 bits per heavy atom. The molecule has 0 saturated heterocycles. The number of carbonyl (C=O) groups excluding carboxylic acids is 1. The number of nitrogens with zero attached hydrogens (tertiary/aromatic N) is 4. The summed E-state index contributed by atoms with van der Waals surface area (Å²) in [5, 5.41) is 6.95. The molecule has 4 aromatic heterocycles. The molecule has 4 rings (SSSR count). The molecule has 0 aliphatic rings. The van der Waals surface area contributed by atoms with Gasteiger partial charge in [-0.2, -0.15) is 5.10 Å². The molecule has 9 nitrogen and oxygen atoms in total. The van der Waals surface area contributed by atoms with Crippen molar-refractivity contribution in [2.45, 2.75) is 20.0 Å². The SMILES string of the molecule is Cc1ccc(-c2cc(C(=O)N(Cc3cocn3)Cc3cocn3)n[nH]2)o1. The fourth-order valence-corrected chi connectivity index (χ4v) is 2.52. The molecule has 1 N–H and O–H groups in total. The van der Waals surface area contributed by atoms with Crippen molar-refractivity contribution in [1.29, 1.82) is 0 Å². The summed E-state index contributed by atoms with van der Waals surface area (Å²) in [6, 6.07) is 5.32. The van der Waals surface area contributed by atoms with Gasteiger partial charge in [-0.3, -0.25) is 9.89 Å². The normalized spacial score (nSPS) is 11.0. The number of carbonyl (C=O) groups is 1. The molecule has 0 aliphatic carbocycles. The highest BCUT2D eigenvalue weighted by Crippen LogP contribution is 2.21. The maximum atomic E-state index is 12.9. The van der Waals surface area contributed by atoms with Crippen LogP contribution in [0.2, 0.25) is 0 Å². The summed E-state index contributed by atoms with van der Waals surface area (Å²) in [6.07, 6.45) is 5.62. The molecular weight excluding hydrogens is 338 g/mol. The molecule has 0 saturated carbocycles. The number of amides is 1. The van der Waals surface area contributed by atoms with E-state index in [1.165, 1.54) is 25.3 Å². The minimum atomic E-state index is -0.276. The van der Waals surface area contributed by atoms with Crippen LogP contribution in [-0.2, 0) is 13.1 Å². The molecule has 0 atom stereocenters. The summed E-state index contributed by atoms with van der Waals surface area (Å²) in [6.45, 7) is 2.36. The first-order valence-electron chi connectivity index (χ1n) is 7.84. The van der Waals surface area contributed by atoms with Crippen molar-refractivity contribution in [2.75, 3.05) is 0 Å². The molecule has 1 amide bonds. The fourth-order valence-electron chi connectivity index (χ4n) is 2.52. The molecule has 0 spiro atoms. The van der Waals surface area contributed by atoms with Crippen molar-refractivity contribution in [1.82, 2.24) is 25.1 Å². The lowest BCUT2D eigenvalue weighted by Gasteiger charge is -2.19. The summed E-state index contributed by atoms with van der Waals surface area (Å²) in [5.41, 5.74) is 2.14. The molecule has 0 aliphatic heterocycles.